The Morgan fingerprint density at radius 3 is 2.32 bits per heavy atom. The Kier molecular flexibility index (Phi) is 4.85. The number of hydrogen-bond acceptors (Lipinski definition) is 7. The van der Waals surface area contributed by atoms with Crippen LogP contribution in [0.1, 0.15) is 5.89 Å². The SMILES string of the molecule is CS(=O)(=O)c1nnc(CCNS(=O)(=O)c2ccc(Cl)cc2)o1. The van der Waals surface area contributed by atoms with Crippen LogP contribution in [0.15, 0.2) is 38.8 Å². The van der Waals surface area contributed by atoms with Gasteiger partial charge in [0.1, 0.15) is 0 Å². The second-order valence-electron chi connectivity index (χ2n) is 4.34. The summed E-state index contributed by atoms with van der Waals surface area (Å²) < 4.78 is 53.6. The molecule has 0 atom stereocenters. The molecule has 1 aromatic carbocycles. The Labute approximate surface area is 132 Å². The van der Waals surface area contributed by atoms with Gasteiger partial charge in [-0.1, -0.05) is 16.7 Å². The third-order valence-corrected chi connectivity index (χ3v) is 5.05. The molecule has 0 aliphatic rings. The Morgan fingerprint density at radius 1 is 1.14 bits per heavy atom. The van der Waals surface area contributed by atoms with Crippen molar-refractivity contribution in [2.24, 2.45) is 0 Å². The van der Waals surface area contributed by atoms with Gasteiger partial charge in [0, 0.05) is 24.2 Å². The first-order chi connectivity index (χ1) is 10.2. The van der Waals surface area contributed by atoms with Crippen molar-refractivity contribution in [3.05, 3.63) is 35.2 Å². The lowest BCUT2D eigenvalue weighted by Gasteiger charge is -2.05. The molecule has 8 nitrogen and oxygen atoms in total. The van der Waals surface area contributed by atoms with Crippen molar-refractivity contribution < 1.29 is 21.3 Å². The number of halogens is 1. The molecule has 11 heteroatoms. The van der Waals surface area contributed by atoms with Crippen LogP contribution in [0.3, 0.4) is 0 Å². The van der Waals surface area contributed by atoms with E-state index in [-0.39, 0.29) is 23.8 Å². The van der Waals surface area contributed by atoms with Crippen LogP contribution in [0.5, 0.6) is 0 Å². The van der Waals surface area contributed by atoms with Gasteiger partial charge in [-0.2, -0.15) is 0 Å². The average molecular weight is 366 g/mol. The van der Waals surface area contributed by atoms with E-state index in [4.69, 9.17) is 16.0 Å². The Bertz CT molecular complexity index is 859. The number of aromatic nitrogens is 2. The molecular formula is C11H12ClN3O5S2. The lowest BCUT2D eigenvalue weighted by Crippen LogP contribution is -2.26. The molecule has 0 saturated heterocycles. The van der Waals surface area contributed by atoms with E-state index in [1.807, 2.05) is 0 Å². The monoisotopic (exact) mass is 365 g/mol. The highest BCUT2D eigenvalue weighted by Crippen LogP contribution is 2.14. The highest BCUT2D eigenvalue weighted by Gasteiger charge is 2.17. The maximum Gasteiger partial charge on any atom is 0.335 e. The van der Waals surface area contributed by atoms with Crippen molar-refractivity contribution in [1.82, 2.24) is 14.9 Å². The summed E-state index contributed by atoms with van der Waals surface area (Å²) in [6.07, 6.45) is 1.00. The maximum atomic E-state index is 12.0. The topological polar surface area (TPSA) is 119 Å². The van der Waals surface area contributed by atoms with Crippen LogP contribution in [0.4, 0.5) is 0 Å². The van der Waals surface area contributed by atoms with Gasteiger partial charge in [-0.25, -0.2) is 21.6 Å². The van der Waals surface area contributed by atoms with Crippen LogP contribution < -0.4 is 4.72 Å². The van der Waals surface area contributed by atoms with Crippen molar-refractivity contribution >= 4 is 31.5 Å². The maximum absolute atomic E-state index is 12.0. The van der Waals surface area contributed by atoms with Crippen LogP contribution >= 0.6 is 11.6 Å². The van der Waals surface area contributed by atoms with Gasteiger partial charge < -0.3 is 4.42 Å². The van der Waals surface area contributed by atoms with Crippen LogP contribution in [-0.4, -0.2) is 39.8 Å². The van der Waals surface area contributed by atoms with E-state index in [1.165, 1.54) is 24.3 Å². The molecule has 0 saturated carbocycles. The van der Waals surface area contributed by atoms with Crippen molar-refractivity contribution in [2.45, 2.75) is 16.5 Å². The lowest BCUT2D eigenvalue weighted by molar-refractivity contribution is 0.397. The molecule has 2 aromatic rings. The minimum Gasteiger partial charge on any atom is -0.412 e. The summed E-state index contributed by atoms with van der Waals surface area (Å²) in [7, 11) is -7.26. The van der Waals surface area contributed by atoms with E-state index in [9.17, 15) is 16.8 Å². The summed E-state index contributed by atoms with van der Waals surface area (Å²) >= 11 is 5.69. The number of nitrogens with zero attached hydrogens (tertiary/aromatic N) is 2. The first-order valence-corrected chi connectivity index (χ1v) is 9.71. The summed E-state index contributed by atoms with van der Waals surface area (Å²) in [5.74, 6) is 0.0271. The van der Waals surface area contributed by atoms with Crippen molar-refractivity contribution in [2.75, 3.05) is 12.8 Å². The van der Waals surface area contributed by atoms with E-state index < -0.39 is 25.1 Å². The number of nitrogens with one attached hydrogen (secondary N) is 1. The molecule has 0 bridgehead atoms. The molecule has 0 amide bonds. The number of benzene rings is 1. The van der Waals surface area contributed by atoms with Crippen molar-refractivity contribution in [1.29, 1.82) is 0 Å². The van der Waals surface area contributed by atoms with Gasteiger partial charge in [-0.3, -0.25) is 0 Å². The number of hydrogen-bond donors (Lipinski definition) is 1. The molecule has 0 aliphatic carbocycles. The zero-order valence-electron chi connectivity index (χ0n) is 11.4. The van der Waals surface area contributed by atoms with Crippen molar-refractivity contribution in [3.8, 4) is 0 Å². The highest BCUT2D eigenvalue weighted by molar-refractivity contribution is 7.90. The van der Waals surface area contributed by atoms with E-state index >= 15 is 0 Å². The smallest absolute Gasteiger partial charge is 0.335 e. The summed E-state index contributed by atoms with van der Waals surface area (Å²) in [5.41, 5.74) is 0. The second kappa shape index (κ2) is 6.32. The minimum atomic E-state index is -3.69. The normalized spacial score (nSPS) is 12.5. The molecule has 120 valence electrons. The van der Waals surface area contributed by atoms with Gasteiger partial charge >= 0.3 is 5.22 Å². The fraction of sp³-hybridized carbons (Fsp3) is 0.273. The van der Waals surface area contributed by atoms with Gasteiger partial charge in [0.25, 0.3) is 0 Å². The first kappa shape index (κ1) is 16.9. The van der Waals surface area contributed by atoms with Crippen LogP contribution in [0, 0.1) is 0 Å². The standard InChI is InChI=1S/C11H12ClN3O5S2/c1-21(16,17)11-15-14-10(20-11)6-7-13-22(18,19)9-4-2-8(12)3-5-9/h2-5,13H,6-7H2,1H3. The Hall–Kier alpha value is -1.49. The fourth-order valence-electron chi connectivity index (χ4n) is 1.48. The minimum absolute atomic E-state index is 0.0175. The molecule has 1 heterocycles. The fourth-order valence-corrected chi connectivity index (χ4v) is 3.07. The number of sulfone groups is 1. The van der Waals surface area contributed by atoms with Gasteiger partial charge in [-0.05, 0) is 24.3 Å². The molecule has 0 spiro atoms. The Morgan fingerprint density at radius 2 is 1.77 bits per heavy atom. The third-order valence-electron chi connectivity index (χ3n) is 2.52. The molecule has 1 N–H and O–H groups in total. The van der Waals surface area contributed by atoms with Crippen molar-refractivity contribution in [3.63, 3.8) is 0 Å². The lowest BCUT2D eigenvalue weighted by atomic mass is 10.4. The third kappa shape index (κ3) is 4.26. The highest BCUT2D eigenvalue weighted by atomic mass is 35.5. The quantitative estimate of drug-likeness (QED) is 0.797. The Balaban J connectivity index is 1.98. The van der Waals surface area contributed by atoms with Gasteiger partial charge in [0.05, 0.1) is 4.90 Å². The van der Waals surface area contributed by atoms with Gasteiger partial charge in [0.2, 0.25) is 25.8 Å². The summed E-state index contributed by atoms with van der Waals surface area (Å²) in [4.78, 5) is 0.0688. The summed E-state index contributed by atoms with van der Waals surface area (Å²) in [6.45, 7) is -0.0175. The average Bonchev–Trinajstić information content (AvgIpc) is 2.88. The van der Waals surface area contributed by atoms with E-state index in [0.29, 0.717) is 5.02 Å². The summed E-state index contributed by atoms with van der Waals surface area (Å²) in [5, 5.41) is 6.84. The second-order valence-corrected chi connectivity index (χ2v) is 8.43. The van der Waals surface area contributed by atoms with Gasteiger partial charge in [-0.15, -0.1) is 5.10 Å². The zero-order valence-corrected chi connectivity index (χ0v) is 13.7. The molecule has 0 unspecified atom stereocenters. The molecule has 0 radical (unpaired) electrons. The number of rotatable bonds is 6. The molecule has 2 rings (SSSR count). The van der Waals surface area contributed by atoms with E-state index in [1.54, 1.807) is 0 Å². The van der Waals surface area contributed by atoms with Gasteiger partial charge in [0.15, 0.2) is 0 Å². The summed E-state index contributed by atoms with van der Waals surface area (Å²) in [6, 6.07) is 5.68. The predicted octanol–water partition coefficient (Wildman–Crippen LogP) is 0.647. The largest absolute Gasteiger partial charge is 0.412 e. The molecule has 0 fully saturated rings. The van der Waals surface area contributed by atoms with E-state index in [2.05, 4.69) is 14.9 Å². The van der Waals surface area contributed by atoms with Crippen LogP contribution in [0.25, 0.3) is 0 Å². The zero-order chi connectivity index (χ0) is 16.4. The van der Waals surface area contributed by atoms with Crippen LogP contribution in [-0.2, 0) is 26.3 Å². The molecular weight excluding hydrogens is 354 g/mol. The van der Waals surface area contributed by atoms with Crippen LogP contribution in [0.2, 0.25) is 5.02 Å². The predicted molar refractivity (Wildman–Crippen MR) is 77.8 cm³/mol. The molecule has 1 aromatic heterocycles. The number of sulfonamides is 1. The first-order valence-electron chi connectivity index (χ1n) is 5.96. The molecule has 0 aliphatic heterocycles. The van der Waals surface area contributed by atoms with E-state index in [0.717, 1.165) is 6.26 Å². The molecule has 22 heavy (non-hydrogen) atoms.